The summed E-state index contributed by atoms with van der Waals surface area (Å²) in [7, 11) is 0. The Bertz CT molecular complexity index is 925. The first-order valence-electron chi connectivity index (χ1n) is 10.4. The molecule has 1 fully saturated rings. The van der Waals surface area contributed by atoms with Gasteiger partial charge in [-0.15, -0.1) is 0 Å². The van der Waals surface area contributed by atoms with Crippen LogP contribution in [0.3, 0.4) is 0 Å². The van der Waals surface area contributed by atoms with E-state index in [0.717, 1.165) is 24.8 Å². The molecule has 1 atom stereocenters. The summed E-state index contributed by atoms with van der Waals surface area (Å²) in [5.41, 5.74) is 0.270. The summed E-state index contributed by atoms with van der Waals surface area (Å²) >= 11 is 0. The Kier molecular flexibility index (Phi) is 6.55. The number of hydrogen-bond acceptors (Lipinski definition) is 6. The van der Waals surface area contributed by atoms with Crippen molar-refractivity contribution in [2.75, 3.05) is 19.6 Å². The predicted molar refractivity (Wildman–Crippen MR) is 115 cm³/mol. The van der Waals surface area contributed by atoms with Gasteiger partial charge in [0, 0.05) is 49.0 Å². The summed E-state index contributed by atoms with van der Waals surface area (Å²) in [5.74, 6) is 0. The zero-order valence-corrected chi connectivity index (χ0v) is 18.1. The Morgan fingerprint density at radius 1 is 1.27 bits per heavy atom. The Morgan fingerprint density at radius 3 is 2.70 bits per heavy atom. The van der Waals surface area contributed by atoms with Gasteiger partial charge in [0.15, 0.2) is 0 Å². The number of hydrogen-bond donors (Lipinski definition) is 0. The second-order valence-electron chi connectivity index (χ2n) is 8.88. The summed E-state index contributed by atoms with van der Waals surface area (Å²) in [6, 6.07) is 5.44. The van der Waals surface area contributed by atoms with Crippen LogP contribution in [0.15, 0.2) is 30.6 Å². The third-order valence-electron chi connectivity index (χ3n) is 5.31. The number of carbonyl (C=O) groups excluding carboxylic acids is 1. The van der Waals surface area contributed by atoms with Crippen LogP contribution in [0.1, 0.15) is 46.1 Å². The molecule has 0 unspecified atom stereocenters. The highest BCUT2D eigenvalue weighted by Gasteiger charge is 2.28. The number of benzene rings is 1. The summed E-state index contributed by atoms with van der Waals surface area (Å²) in [4.78, 5) is 32.1. The standard InChI is InChI=1S/C22H30N4O4/c1-16-14-25(21(27)30-22(2,3)4)12-6-5-11-24(16)15-18-8-7-17-13-23-10-9-19(17)20(18)26(28)29/h7-10,13,16H,5-6,11-12,14-15H2,1-4H3/t16-/m1/s1. The van der Waals surface area contributed by atoms with Crippen molar-refractivity contribution in [3.8, 4) is 0 Å². The van der Waals surface area contributed by atoms with Crippen LogP contribution < -0.4 is 0 Å². The van der Waals surface area contributed by atoms with Crippen molar-refractivity contribution in [2.45, 2.75) is 58.7 Å². The monoisotopic (exact) mass is 414 g/mol. The van der Waals surface area contributed by atoms with E-state index in [1.807, 2.05) is 32.9 Å². The maximum atomic E-state index is 12.6. The molecule has 2 aromatic rings. The largest absolute Gasteiger partial charge is 0.444 e. The van der Waals surface area contributed by atoms with Gasteiger partial charge in [0.25, 0.3) is 5.69 Å². The number of rotatable bonds is 3. The zero-order valence-electron chi connectivity index (χ0n) is 18.1. The SMILES string of the molecule is C[C@@H]1CN(C(=O)OC(C)(C)C)CCCCN1Cc1ccc2cnccc2c1[N+](=O)[O-]. The van der Waals surface area contributed by atoms with Crippen molar-refractivity contribution in [3.05, 3.63) is 46.3 Å². The number of pyridine rings is 1. The van der Waals surface area contributed by atoms with Crippen LogP contribution in [0, 0.1) is 10.1 Å². The van der Waals surface area contributed by atoms with Crippen molar-refractivity contribution >= 4 is 22.6 Å². The van der Waals surface area contributed by atoms with Crippen LogP contribution in [0.5, 0.6) is 0 Å². The molecule has 0 radical (unpaired) electrons. The average Bonchev–Trinajstić information content (AvgIpc) is 2.65. The molecule has 1 amide bonds. The van der Waals surface area contributed by atoms with Gasteiger partial charge in [-0.05, 0) is 53.1 Å². The van der Waals surface area contributed by atoms with Crippen LogP contribution in [-0.2, 0) is 11.3 Å². The van der Waals surface area contributed by atoms with E-state index in [2.05, 4.69) is 16.8 Å². The lowest BCUT2D eigenvalue weighted by Crippen LogP contribution is -2.48. The molecule has 30 heavy (non-hydrogen) atoms. The molecule has 1 aliphatic rings. The number of fused-ring (bicyclic) bond motifs is 1. The van der Waals surface area contributed by atoms with Crippen molar-refractivity contribution in [3.63, 3.8) is 0 Å². The second kappa shape index (κ2) is 8.95. The lowest BCUT2D eigenvalue weighted by Gasteiger charge is -2.36. The molecule has 1 aromatic carbocycles. The first-order valence-corrected chi connectivity index (χ1v) is 10.4. The number of amides is 1. The van der Waals surface area contributed by atoms with Gasteiger partial charge in [-0.2, -0.15) is 0 Å². The number of nitro benzene ring substituents is 1. The minimum atomic E-state index is -0.539. The highest BCUT2D eigenvalue weighted by Crippen LogP contribution is 2.30. The summed E-state index contributed by atoms with van der Waals surface area (Å²) in [5, 5.41) is 13.2. The maximum Gasteiger partial charge on any atom is 0.410 e. The summed E-state index contributed by atoms with van der Waals surface area (Å²) < 4.78 is 5.55. The molecular formula is C22H30N4O4. The van der Waals surface area contributed by atoms with Gasteiger partial charge < -0.3 is 9.64 Å². The van der Waals surface area contributed by atoms with E-state index in [9.17, 15) is 14.9 Å². The summed E-state index contributed by atoms with van der Waals surface area (Å²) in [6.07, 6.45) is 4.70. The molecule has 0 bridgehead atoms. The smallest absolute Gasteiger partial charge is 0.410 e. The minimum Gasteiger partial charge on any atom is -0.444 e. The Morgan fingerprint density at radius 2 is 2.00 bits per heavy atom. The van der Waals surface area contributed by atoms with Gasteiger partial charge in [0.2, 0.25) is 0 Å². The van der Waals surface area contributed by atoms with E-state index in [1.54, 1.807) is 23.4 Å². The topological polar surface area (TPSA) is 88.8 Å². The highest BCUT2D eigenvalue weighted by atomic mass is 16.6. The first kappa shape index (κ1) is 22.0. The molecule has 1 saturated heterocycles. The van der Waals surface area contributed by atoms with E-state index < -0.39 is 5.60 Å². The van der Waals surface area contributed by atoms with Gasteiger partial charge >= 0.3 is 6.09 Å². The van der Waals surface area contributed by atoms with Gasteiger partial charge in [0.1, 0.15) is 5.60 Å². The third kappa shape index (κ3) is 5.24. The van der Waals surface area contributed by atoms with E-state index >= 15 is 0 Å². The Hall–Kier alpha value is -2.74. The Balaban J connectivity index is 1.82. The van der Waals surface area contributed by atoms with Crippen molar-refractivity contribution in [2.24, 2.45) is 0 Å². The van der Waals surface area contributed by atoms with Crippen LogP contribution in [0.2, 0.25) is 0 Å². The van der Waals surface area contributed by atoms with Gasteiger partial charge in [0.05, 0.1) is 10.3 Å². The quantitative estimate of drug-likeness (QED) is 0.547. The van der Waals surface area contributed by atoms with E-state index in [1.165, 1.54) is 0 Å². The molecule has 162 valence electrons. The predicted octanol–water partition coefficient (Wildman–Crippen LogP) is 4.36. The van der Waals surface area contributed by atoms with Gasteiger partial charge in [-0.3, -0.25) is 20.0 Å². The molecule has 1 aromatic heterocycles. The molecular weight excluding hydrogens is 384 g/mol. The lowest BCUT2D eigenvalue weighted by atomic mass is 10.0. The molecule has 0 spiro atoms. The molecule has 8 heteroatoms. The van der Waals surface area contributed by atoms with Gasteiger partial charge in [-0.1, -0.05) is 12.1 Å². The average molecular weight is 415 g/mol. The Labute approximate surface area is 177 Å². The van der Waals surface area contributed by atoms with E-state index in [0.29, 0.717) is 30.6 Å². The molecule has 2 heterocycles. The van der Waals surface area contributed by atoms with Crippen LogP contribution in [0.4, 0.5) is 10.5 Å². The normalized spacial score (nSPS) is 18.7. The van der Waals surface area contributed by atoms with E-state index in [-0.39, 0.29) is 22.7 Å². The first-order chi connectivity index (χ1) is 14.2. The molecule has 3 rings (SSSR count). The fourth-order valence-corrected chi connectivity index (χ4v) is 3.85. The number of aromatic nitrogens is 1. The number of nitro groups is 1. The fraction of sp³-hybridized carbons (Fsp3) is 0.545. The van der Waals surface area contributed by atoms with Crippen LogP contribution >= 0.6 is 0 Å². The second-order valence-corrected chi connectivity index (χ2v) is 8.88. The third-order valence-corrected chi connectivity index (χ3v) is 5.31. The molecule has 8 nitrogen and oxygen atoms in total. The van der Waals surface area contributed by atoms with Crippen LogP contribution in [-0.4, -0.2) is 57.1 Å². The molecule has 0 N–H and O–H groups in total. The van der Waals surface area contributed by atoms with Gasteiger partial charge in [-0.25, -0.2) is 4.79 Å². The van der Waals surface area contributed by atoms with Crippen LogP contribution in [0.25, 0.3) is 10.8 Å². The summed E-state index contributed by atoms with van der Waals surface area (Å²) in [6.45, 7) is 10.1. The minimum absolute atomic E-state index is 0.0468. The molecule has 1 aliphatic heterocycles. The fourth-order valence-electron chi connectivity index (χ4n) is 3.85. The highest BCUT2D eigenvalue weighted by molar-refractivity contribution is 5.91. The van der Waals surface area contributed by atoms with Crippen molar-refractivity contribution in [1.82, 2.24) is 14.8 Å². The van der Waals surface area contributed by atoms with Crippen molar-refractivity contribution in [1.29, 1.82) is 0 Å². The number of ether oxygens (including phenoxy) is 1. The number of nitrogens with zero attached hydrogens (tertiary/aromatic N) is 4. The van der Waals surface area contributed by atoms with Crippen molar-refractivity contribution < 1.29 is 14.5 Å². The molecule has 0 aliphatic carbocycles. The number of carbonyl (C=O) groups is 1. The molecule has 0 saturated carbocycles. The van der Waals surface area contributed by atoms with E-state index in [4.69, 9.17) is 4.74 Å². The maximum absolute atomic E-state index is 12.6. The zero-order chi connectivity index (χ0) is 21.9. The lowest BCUT2D eigenvalue weighted by molar-refractivity contribution is -0.383.